The Kier molecular flexibility index (Phi) is 3.36. The average Bonchev–Trinajstić information content (AvgIpc) is 2.23. The SMILES string of the molecule is CN(C)C(=NCC1Cc2ccccc21)N(C)C. The van der Waals surface area contributed by atoms with Crippen LogP contribution in [0.25, 0.3) is 0 Å². The first kappa shape index (κ1) is 12.0. The van der Waals surface area contributed by atoms with Crippen LogP contribution in [-0.2, 0) is 6.42 Å². The molecule has 1 atom stereocenters. The molecular formula is C14H21N3. The zero-order valence-electron chi connectivity index (χ0n) is 11.1. The third-order valence-corrected chi connectivity index (χ3v) is 3.21. The minimum Gasteiger partial charge on any atom is -0.349 e. The Labute approximate surface area is 104 Å². The molecule has 1 aromatic carbocycles. The average molecular weight is 231 g/mol. The van der Waals surface area contributed by atoms with Gasteiger partial charge in [0, 0.05) is 40.7 Å². The maximum atomic E-state index is 4.71. The Hall–Kier alpha value is -1.51. The lowest BCUT2D eigenvalue weighted by Crippen LogP contribution is -2.36. The normalized spacial score (nSPS) is 16.8. The van der Waals surface area contributed by atoms with Crippen molar-refractivity contribution in [3.63, 3.8) is 0 Å². The van der Waals surface area contributed by atoms with Gasteiger partial charge in [-0.05, 0) is 17.5 Å². The van der Waals surface area contributed by atoms with Crippen LogP contribution in [0.4, 0.5) is 0 Å². The lowest BCUT2D eigenvalue weighted by Gasteiger charge is -2.30. The summed E-state index contributed by atoms with van der Waals surface area (Å²) in [5, 5.41) is 0. The molecular weight excluding hydrogens is 210 g/mol. The van der Waals surface area contributed by atoms with Crippen molar-refractivity contribution in [1.82, 2.24) is 9.80 Å². The summed E-state index contributed by atoms with van der Waals surface area (Å²) in [6, 6.07) is 8.68. The summed E-state index contributed by atoms with van der Waals surface area (Å²) in [6.07, 6.45) is 1.17. The van der Waals surface area contributed by atoms with Gasteiger partial charge in [0.05, 0.1) is 0 Å². The van der Waals surface area contributed by atoms with Crippen LogP contribution in [0.5, 0.6) is 0 Å². The largest absolute Gasteiger partial charge is 0.349 e. The van der Waals surface area contributed by atoms with Crippen molar-refractivity contribution < 1.29 is 0 Å². The number of fused-ring (bicyclic) bond motifs is 1. The van der Waals surface area contributed by atoms with Gasteiger partial charge in [-0.25, -0.2) is 0 Å². The first-order chi connectivity index (χ1) is 8.09. The number of rotatable bonds is 2. The summed E-state index contributed by atoms with van der Waals surface area (Å²) in [5.41, 5.74) is 2.97. The van der Waals surface area contributed by atoms with E-state index >= 15 is 0 Å². The summed E-state index contributed by atoms with van der Waals surface area (Å²) in [4.78, 5) is 8.83. The molecule has 1 unspecified atom stereocenters. The third kappa shape index (κ3) is 2.43. The maximum absolute atomic E-state index is 4.71. The molecule has 0 radical (unpaired) electrons. The smallest absolute Gasteiger partial charge is 0.195 e. The van der Waals surface area contributed by atoms with Crippen LogP contribution in [0.15, 0.2) is 29.3 Å². The molecule has 17 heavy (non-hydrogen) atoms. The highest BCUT2D eigenvalue weighted by Crippen LogP contribution is 2.34. The van der Waals surface area contributed by atoms with Gasteiger partial charge in [-0.1, -0.05) is 24.3 Å². The van der Waals surface area contributed by atoms with E-state index in [1.807, 2.05) is 28.2 Å². The minimum atomic E-state index is 0.612. The van der Waals surface area contributed by atoms with Crippen LogP contribution in [0.2, 0.25) is 0 Å². The molecule has 0 aliphatic heterocycles. The van der Waals surface area contributed by atoms with E-state index in [4.69, 9.17) is 4.99 Å². The molecule has 0 heterocycles. The second-order valence-corrected chi connectivity index (χ2v) is 5.03. The molecule has 0 aromatic heterocycles. The molecule has 0 bridgehead atoms. The molecule has 92 valence electrons. The summed E-state index contributed by atoms with van der Waals surface area (Å²) in [6.45, 7) is 0.892. The zero-order chi connectivity index (χ0) is 12.4. The number of aliphatic imine (C=N–C) groups is 1. The quantitative estimate of drug-likeness (QED) is 0.571. The van der Waals surface area contributed by atoms with E-state index in [0.29, 0.717) is 5.92 Å². The fraction of sp³-hybridized carbons (Fsp3) is 0.500. The van der Waals surface area contributed by atoms with Crippen LogP contribution < -0.4 is 0 Å². The summed E-state index contributed by atoms with van der Waals surface area (Å²) in [7, 11) is 8.14. The number of hydrogen-bond acceptors (Lipinski definition) is 1. The molecule has 2 rings (SSSR count). The fourth-order valence-corrected chi connectivity index (χ4v) is 2.40. The molecule has 3 nitrogen and oxygen atoms in total. The molecule has 0 saturated heterocycles. The van der Waals surface area contributed by atoms with Gasteiger partial charge >= 0.3 is 0 Å². The van der Waals surface area contributed by atoms with Crippen molar-refractivity contribution >= 4 is 5.96 Å². The Morgan fingerprint density at radius 2 is 1.82 bits per heavy atom. The van der Waals surface area contributed by atoms with E-state index in [2.05, 4.69) is 34.1 Å². The van der Waals surface area contributed by atoms with Crippen LogP contribution in [0.1, 0.15) is 17.0 Å². The van der Waals surface area contributed by atoms with Crippen molar-refractivity contribution in [2.45, 2.75) is 12.3 Å². The molecule has 1 aliphatic carbocycles. The summed E-state index contributed by atoms with van der Waals surface area (Å²) in [5.74, 6) is 1.65. The predicted molar refractivity (Wildman–Crippen MR) is 72.6 cm³/mol. The first-order valence-electron chi connectivity index (χ1n) is 6.06. The summed E-state index contributed by atoms with van der Waals surface area (Å²) >= 11 is 0. The highest BCUT2D eigenvalue weighted by atomic mass is 15.3. The van der Waals surface area contributed by atoms with Gasteiger partial charge < -0.3 is 9.80 Å². The molecule has 0 saturated carbocycles. The van der Waals surface area contributed by atoms with Gasteiger partial charge in [0.1, 0.15) is 0 Å². The van der Waals surface area contributed by atoms with Gasteiger partial charge in [0.2, 0.25) is 0 Å². The van der Waals surface area contributed by atoms with E-state index in [0.717, 1.165) is 12.5 Å². The molecule has 0 N–H and O–H groups in total. The molecule has 0 amide bonds. The van der Waals surface area contributed by atoms with Gasteiger partial charge in [0.25, 0.3) is 0 Å². The Bertz CT molecular complexity index is 411. The van der Waals surface area contributed by atoms with E-state index in [-0.39, 0.29) is 0 Å². The second kappa shape index (κ2) is 4.78. The molecule has 1 aromatic rings. The van der Waals surface area contributed by atoms with E-state index in [9.17, 15) is 0 Å². The van der Waals surface area contributed by atoms with Crippen LogP contribution in [0, 0.1) is 0 Å². The summed E-state index contributed by atoms with van der Waals surface area (Å²) < 4.78 is 0. The van der Waals surface area contributed by atoms with E-state index < -0.39 is 0 Å². The number of guanidine groups is 1. The van der Waals surface area contributed by atoms with E-state index in [1.165, 1.54) is 17.5 Å². The number of nitrogens with zero attached hydrogens (tertiary/aromatic N) is 3. The maximum Gasteiger partial charge on any atom is 0.195 e. The molecule has 3 heteroatoms. The van der Waals surface area contributed by atoms with Gasteiger partial charge in [0.15, 0.2) is 5.96 Å². The highest BCUT2D eigenvalue weighted by molar-refractivity contribution is 5.79. The predicted octanol–water partition coefficient (Wildman–Crippen LogP) is 1.81. The number of benzene rings is 1. The fourth-order valence-electron chi connectivity index (χ4n) is 2.40. The van der Waals surface area contributed by atoms with Gasteiger partial charge in [-0.15, -0.1) is 0 Å². The van der Waals surface area contributed by atoms with Gasteiger partial charge in [-0.2, -0.15) is 0 Å². The minimum absolute atomic E-state index is 0.612. The first-order valence-corrected chi connectivity index (χ1v) is 6.06. The van der Waals surface area contributed by atoms with E-state index in [1.54, 1.807) is 0 Å². The molecule has 1 aliphatic rings. The van der Waals surface area contributed by atoms with Crippen LogP contribution >= 0.6 is 0 Å². The van der Waals surface area contributed by atoms with Crippen LogP contribution in [0.3, 0.4) is 0 Å². The van der Waals surface area contributed by atoms with Gasteiger partial charge in [-0.3, -0.25) is 4.99 Å². The monoisotopic (exact) mass is 231 g/mol. The Morgan fingerprint density at radius 1 is 1.18 bits per heavy atom. The van der Waals surface area contributed by atoms with Crippen molar-refractivity contribution in [2.75, 3.05) is 34.7 Å². The lowest BCUT2D eigenvalue weighted by molar-refractivity contribution is 0.474. The molecule has 0 spiro atoms. The standard InChI is InChI=1S/C14H21N3/c1-16(2)14(17(3)4)15-10-12-9-11-7-5-6-8-13(11)12/h5-8,12H,9-10H2,1-4H3. The second-order valence-electron chi connectivity index (χ2n) is 5.03. The third-order valence-electron chi connectivity index (χ3n) is 3.21. The van der Waals surface area contributed by atoms with Crippen molar-refractivity contribution in [2.24, 2.45) is 4.99 Å². The number of hydrogen-bond donors (Lipinski definition) is 0. The van der Waals surface area contributed by atoms with Crippen LogP contribution in [-0.4, -0.2) is 50.5 Å². The Morgan fingerprint density at radius 3 is 2.41 bits per heavy atom. The zero-order valence-corrected chi connectivity index (χ0v) is 11.1. The van der Waals surface area contributed by atoms with Crippen molar-refractivity contribution in [3.8, 4) is 0 Å². The topological polar surface area (TPSA) is 18.8 Å². The van der Waals surface area contributed by atoms with Crippen molar-refractivity contribution in [1.29, 1.82) is 0 Å². The highest BCUT2D eigenvalue weighted by Gasteiger charge is 2.25. The molecule has 0 fully saturated rings. The lowest BCUT2D eigenvalue weighted by atomic mass is 9.78. The van der Waals surface area contributed by atoms with Crippen molar-refractivity contribution in [3.05, 3.63) is 35.4 Å². The Balaban J connectivity index is 2.03.